The van der Waals surface area contributed by atoms with Crippen LogP contribution in [0.1, 0.15) is 20.7 Å². The molecule has 0 saturated carbocycles. The first-order valence-electron chi connectivity index (χ1n) is 8.47. The lowest BCUT2D eigenvalue weighted by atomic mass is 10.1. The SMILES string of the molecule is COC(=O)c1ccc(C(=O)OC)c(NC(=O)C(=O)Nc2cccc(N(C)C)c2)c1. The van der Waals surface area contributed by atoms with E-state index in [1.165, 1.54) is 32.4 Å². The van der Waals surface area contributed by atoms with Gasteiger partial charge in [0.25, 0.3) is 0 Å². The van der Waals surface area contributed by atoms with E-state index < -0.39 is 23.8 Å². The Morgan fingerprint density at radius 2 is 1.48 bits per heavy atom. The molecule has 0 aliphatic rings. The van der Waals surface area contributed by atoms with Crippen molar-refractivity contribution in [3.8, 4) is 0 Å². The van der Waals surface area contributed by atoms with Gasteiger partial charge in [0.05, 0.1) is 31.0 Å². The van der Waals surface area contributed by atoms with Crippen molar-refractivity contribution in [1.82, 2.24) is 0 Å². The van der Waals surface area contributed by atoms with Crippen LogP contribution in [0.5, 0.6) is 0 Å². The first kappa shape index (κ1) is 21.4. The lowest BCUT2D eigenvalue weighted by Gasteiger charge is -2.14. The third kappa shape index (κ3) is 5.32. The summed E-state index contributed by atoms with van der Waals surface area (Å²) in [6.07, 6.45) is 0. The van der Waals surface area contributed by atoms with E-state index in [0.717, 1.165) is 5.69 Å². The molecule has 0 radical (unpaired) electrons. The Morgan fingerprint density at radius 3 is 2.10 bits per heavy atom. The molecule has 9 nitrogen and oxygen atoms in total. The second-order valence-corrected chi connectivity index (χ2v) is 6.10. The normalized spacial score (nSPS) is 9.93. The molecule has 2 rings (SSSR count). The number of carbonyl (C=O) groups is 4. The van der Waals surface area contributed by atoms with Gasteiger partial charge in [-0.2, -0.15) is 0 Å². The zero-order valence-corrected chi connectivity index (χ0v) is 16.4. The second-order valence-electron chi connectivity index (χ2n) is 6.10. The summed E-state index contributed by atoms with van der Waals surface area (Å²) in [5.74, 6) is -3.37. The maximum Gasteiger partial charge on any atom is 0.339 e. The predicted molar refractivity (Wildman–Crippen MR) is 107 cm³/mol. The second kappa shape index (κ2) is 9.36. The topological polar surface area (TPSA) is 114 Å². The van der Waals surface area contributed by atoms with E-state index in [-0.39, 0.29) is 16.8 Å². The van der Waals surface area contributed by atoms with E-state index in [9.17, 15) is 19.2 Å². The Morgan fingerprint density at radius 1 is 0.828 bits per heavy atom. The molecule has 2 aromatic rings. The maximum absolute atomic E-state index is 12.3. The molecule has 0 fully saturated rings. The van der Waals surface area contributed by atoms with Crippen molar-refractivity contribution in [2.75, 3.05) is 43.8 Å². The number of methoxy groups -OCH3 is 2. The minimum Gasteiger partial charge on any atom is -0.465 e. The van der Waals surface area contributed by atoms with Crippen molar-refractivity contribution in [3.63, 3.8) is 0 Å². The highest BCUT2D eigenvalue weighted by atomic mass is 16.5. The number of ether oxygens (including phenoxy) is 2. The third-order valence-corrected chi connectivity index (χ3v) is 3.92. The van der Waals surface area contributed by atoms with Gasteiger partial charge in [-0.1, -0.05) is 6.07 Å². The van der Waals surface area contributed by atoms with Gasteiger partial charge >= 0.3 is 23.8 Å². The average Bonchev–Trinajstić information content (AvgIpc) is 2.72. The molecule has 2 aromatic carbocycles. The van der Waals surface area contributed by atoms with Gasteiger partial charge in [0.15, 0.2) is 0 Å². The number of anilines is 3. The lowest BCUT2D eigenvalue weighted by Crippen LogP contribution is -2.30. The van der Waals surface area contributed by atoms with E-state index in [2.05, 4.69) is 20.1 Å². The van der Waals surface area contributed by atoms with E-state index in [4.69, 9.17) is 0 Å². The van der Waals surface area contributed by atoms with E-state index in [0.29, 0.717) is 5.69 Å². The molecule has 0 atom stereocenters. The number of benzene rings is 2. The molecule has 0 heterocycles. The highest BCUT2D eigenvalue weighted by Crippen LogP contribution is 2.21. The van der Waals surface area contributed by atoms with Crippen LogP contribution in [0.4, 0.5) is 17.1 Å². The van der Waals surface area contributed by atoms with Crippen molar-refractivity contribution in [1.29, 1.82) is 0 Å². The Hall–Kier alpha value is -3.88. The number of nitrogens with one attached hydrogen (secondary N) is 2. The Balaban J connectivity index is 2.23. The zero-order chi connectivity index (χ0) is 21.6. The maximum atomic E-state index is 12.3. The smallest absolute Gasteiger partial charge is 0.339 e. The van der Waals surface area contributed by atoms with Crippen molar-refractivity contribution < 1.29 is 28.7 Å². The Bertz CT molecular complexity index is 955. The van der Waals surface area contributed by atoms with Gasteiger partial charge in [0, 0.05) is 25.5 Å². The summed E-state index contributed by atoms with van der Waals surface area (Å²) in [5.41, 5.74) is 1.28. The summed E-state index contributed by atoms with van der Waals surface area (Å²) in [6, 6.07) is 10.8. The monoisotopic (exact) mass is 399 g/mol. The van der Waals surface area contributed by atoms with Crippen LogP contribution in [-0.2, 0) is 19.1 Å². The van der Waals surface area contributed by atoms with Crippen molar-refractivity contribution in [3.05, 3.63) is 53.6 Å². The summed E-state index contributed by atoms with van der Waals surface area (Å²) in [6.45, 7) is 0. The number of nitrogens with zero attached hydrogens (tertiary/aromatic N) is 1. The van der Waals surface area contributed by atoms with Gasteiger partial charge in [0.2, 0.25) is 0 Å². The summed E-state index contributed by atoms with van der Waals surface area (Å²) in [5, 5.41) is 4.82. The molecule has 152 valence electrons. The van der Waals surface area contributed by atoms with Crippen LogP contribution < -0.4 is 15.5 Å². The highest BCUT2D eigenvalue weighted by Gasteiger charge is 2.20. The molecule has 29 heavy (non-hydrogen) atoms. The number of esters is 2. The van der Waals surface area contributed by atoms with E-state index in [1.54, 1.807) is 18.2 Å². The molecule has 0 unspecified atom stereocenters. The van der Waals surface area contributed by atoms with Crippen LogP contribution in [0.15, 0.2) is 42.5 Å². The molecule has 0 aliphatic carbocycles. The van der Waals surface area contributed by atoms with Gasteiger partial charge in [-0.25, -0.2) is 9.59 Å². The first-order valence-corrected chi connectivity index (χ1v) is 8.47. The molecular formula is C20H21N3O6. The highest BCUT2D eigenvalue weighted by molar-refractivity contribution is 6.44. The van der Waals surface area contributed by atoms with Crippen molar-refractivity contribution in [2.24, 2.45) is 0 Å². The van der Waals surface area contributed by atoms with Gasteiger partial charge in [0.1, 0.15) is 0 Å². The zero-order valence-electron chi connectivity index (χ0n) is 16.4. The summed E-state index contributed by atoms with van der Waals surface area (Å²) >= 11 is 0. The largest absolute Gasteiger partial charge is 0.465 e. The van der Waals surface area contributed by atoms with Crippen LogP contribution in [0.25, 0.3) is 0 Å². The average molecular weight is 399 g/mol. The van der Waals surface area contributed by atoms with Crippen molar-refractivity contribution >= 4 is 40.8 Å². The summed E-state index contributed by atoms with van der Waals surface area (Å²) < 4.78 is 9.29. The number of hydrogen-bond acceptors (Lipinski definition) is 7. The molecular weight excluding hydrogens is 378 g/mol. The van der Waals surface area contributed by atoms with Gasteiger partial charge in [-0.15, -0.1) is 0 Å². The molecule has 0 bridgehead atoms. The molecule has 0 aliphatic heterocycles. The summed E-state index contributed by atoms with van der Waals surface area (Å²) in [4.78, 5) is 50.1. The fraction of sp³-hybridized carbons (Fsp3) is 0.200. The van der Waals surface area contributed by atoms with E-state index in [1.807, 2.05) is 25.1 Å². The number of carbonyl (C=O) groups excluding carboxylic acids is 4. The van der Waals surface area contributed by atoms with Crippen LogP contribution in [0.2, 0.25) is 0 Å². The number of rotatable bonds is 5. The van der Waals surface area contributed by atoms with Crippen LogP contribution in [0.3, 0.4) is 0 Å². The number of hydrogen-bond donors (Lipinski definition) is 2. The number of amides is 2. The van der Waals surface area contributed by atoms with Gasteiger partial charge < -0.3 is 25.0 Å². The van der Waals surface area contributed by atoms with Gasteiger partial charge in [-0.05, 0) is 36.4 Å². The van der Waals surface area contributed by atoms with Crippen LogP contribution >= 0.6 is 0 Å². The van der Waals surface area contributed by atoms with Gasteiger partial charge in [-0.3, -0.25) is 9.59 Å². The molecule has 0 saturated heterocycles. The predicted octanol–water partition coefficient (Wildman–Crippen LogP) is 1.90. The molecule has 2 amide bonds. The quantitative estimate of drug-likeness (QED) is 0.583. The fourth-order valence-corrected chi connectivity index (χ4v) is 2.41. The molecule has 9 heteroatoms. The third-order valence-electron chi connectivity index (χ3n) is 3.92. The molecule has 0 aromatic heterocycles. The molecule has 0 spiro atoms. The Labute approximate surface area is 167 Å². The molecule has 2 N–H and O–H groups in total. The fourth-order valence-electron chi connectivity index (χ4n) is 2.41. The standard InChI is InChI=1S/C20H21N3O6/c1-23(2)14-7-5-6-13(11-14)21-17(24)18(25)22-16-10-12(19(26)28-3)8-9-15(16)20(27)29-4/h5-11H,1-4H3,(H,21,24)(H,22,25). The first-order chi connectivity index (χ1) is 13.8. The van der Waals surface area contributed by atoms with Crippen LogP contribution in [0, 0.1) is 0 Å². The minimum absolute atomic E-state index is 0.0177. The Kier molecular flexibility index (Phi) is 6.91. The van der Waals surface area contributed by atoms with Crippen molar-refractivity contribution in [2.45, 2.75) is 0 Å². The minimum atomic E-state index is -1.02. The lowest BCUT2D eigenvalue weighted by molar-refractivity contribution is -0.133. The van der Waals surface area contributed by atoms with Crippen LogP contribution in [-0.4, -0.2) is 52.1 Å². The summed E-state index contributed by atoms with van der Waals surface area (Å²) in [7, 11) is 6.06. The van der Waals surface area contributed by atoms with E-state index >= 15 is 0 Å².